The van der Waals surface area contributed by atoms with E-state index in [0.29, 0.717) is 30.8 Å². The van der Waals surface area contributed by atoms with Gasteiger partial charge in [0.05, 0.1) is 11.1 Å². The smallest absolute Gasteiger partial charge is 0.262 e. The number of likely N-dealkylation sites (tertiary alicyclic amines) is 1. The summed E-state index contributed by atoms with van der Waals surface area (Å²) in [5, 5.41) is 4.65. The van der Waals surface area contributed by atoms with Gasteiger partial charge in [-0.25, -0.2) is 13.1 Å². The van der Waals surface area contributed by atoms with Crippen LogP contribution in [0.2, 0.25) is 0 Å². The molecule has 9 heteroatoms. The van der Waals surface area contributed by atoms with Crippen LogP contribution in [0.25, 0.3) is 0 Å². The fraction of sp³-hybridized carbons (Fsp3) is 0.625. The molecular weight excluding hydrogens is 362 g/mol. The van der Waals surface area contributed by atoms with Gasteiger partial charge in [-0.3, -0.25) is 9.59 Å². The Kier molecular flexibility index (Phi) is 6.59. The van der Waals surface area contributed by atoms with Crippen LogP contribution in [0.5, 0.6) is 0 Å². The first-order chi connectivity index (χ1) is 11.7. The lowest BCUT2D eigenvalue weighted by molar-refractivity contribution is -0.135. The molecule has 2 amide bonds. The summed E-state index contributed by atoms with van der Waals surface area (Å²) in [6, 6.07) is 2.79. The van der Waals surface area contributed by atoms with Gasteiger partial charge in [0, 0.05) is 19.1 Å². The first kappa shape index (κ1) is 19.9. The van der Waals surface area contributed by atoms with Gasteiger partial charge in [0.15, 0.2) is 0 Å². The lowest BCUT2D eigenvalue weighted by Gasteiger charge is -2.35. The molecule has 1 saturated heterocycles. The van der Waals surface area contributed by atoms with Crippen molar-refractivity contribution in [3.8, 4) is 0 Å². The predicted molar refractivity (Wildman–Crippen MR) is 98.0 cm³/mol. The Labute approximate surface area is 152 Å². The van der Waals surface area contributed by atoms with Crippen LogP contribution in [-0.4, -0.2) is 56.6 Å². The predicted octanol–water partition coefficient (Wildman–Crippen LogP) is 1.04. The fourth-order valence-corrected chi connectivity index (χ4v) is 4.32. The van der Waals surface area contributed by atoms with Gasteiger partial charge in [0.25, 0.3) is 5.91 Å². The van der Waals surface area contributed by atoms with Crippen LogP contribution in [0, 0.1) is 5.92 Å². The normalized spacial score (nSPS) is 17.5. The summed E-state index contributed by atoms with van der Waals surface area (Å²) in [7, 11) is -3.24. The molecule has 0 spiro atoms. The van der Waals surface area contributed by atoms with Crippen molar-refractivity contribution in [1.82, 2.24) is 14.9 Å². The monoisotopic (exact) mass is 387 g/mol. The van der Waals surface area contributed by atoms with E-state index in [2.05, 4.69) is 10.0 Å². The summed E-state index contributed by atoms with van der Waals surface area (Å²) in [5.41, 5.74) is 0. The average molecular weight is 388 g/mol. The average Bonchev–Trinajstić information content (AvgIpc) is 3.05. The molecule has 0 radical (unpaired) electrons. The van der Waals surface area contributed by atoms with Crippen LogP contribution in [0.15, 0.2) is 17.5 Å². The molecule has 1 unspecified atom stereocenters. The topological polar surface area (TPSA) is 95.6 Å². The molecule has 0 aliphatic carbocycles. The van der Waals surface area contributed by atoms with Crippen LogP contribution in [-0.2, 0) is 14.8 Å². The van der Waals surface area contributed by atoms with Gasteiger partial charge in [-0.1, -0.05) is 19.9 Å². The van der Waals surface area contributed by atoms with E-state index in [4.69, 9.17) is 0 Å². The van der Waals surface area contributed by atoms with Gasteiger partial charge >= 0.3 is 0 Å². The number of amides is 2. The van der Waals surface area contributed by atoms with Gasteiger partial charge in [0.2, 0.25) is 15.9 Å². The van der Waals surface area contributed by atoms with E-state index < -0.39 is 16.1 Å². The molecule has 0 saturated carbocycles. The molecule has 0 bridgehead atoms. The molecule has 2 heterocycles. The Morgan fingerprint density at radius 2 is 1.92 bits per heavy atom. The molecule has 1 atom stereocenters. The highest BCUT2D eigenvalue weighted by Gasteiger charge is 2.32. The summed E-state index contributed by atoms with van der Waals surface area (Å²) >= 11 is 1.34. The second kappa shape index (κ2) is 8.29. The van der Waals surface area contributed by atoms with Crippen LogP contribution < -0.4 is 10.0 Å². The Hall–Kier alpha value is -1.45. The minimum absolute atomic E-state index is 0.0386. The third kappa shape index (κ3) is 5.79. The van der Waals surface area contributed by atoms with Gasteiger partial charge in [0.1, 0.15) is 6.04 Å². The van der Waals surface area contributed by atoms with Crippen molar-refractivity contribution in [3.05, 3.63) is 22.4 Å². The van der Waals surface area contributed by atoms with E-state index in [1.165, 1.54) is 11.3 Å². The van der Waals surface area contributed by atoms with Crippen LogP contribution in [0.4, 0.5) is 0 Å². The zero-order valence-corrected chi connectivity index (χ0v) is 16.3. The molecule has 0 aromatic carbocycles. The van der Waals surface area contributed by atoms with Crippen molar-refractivity contribution in [3.63, 3.8) is 0 Å². The summed E-state index contributed by atoms with van der Waals surface area (Å²) in [4.78, 5) is 27.4. The number of nitrogens with zero attached hydrogens (tertiary/aromatic N) is 1. The van der Waals surface area contributed by atoms with Crippen molar-refractivity contribution in [2.24, 2.45) is 5.92 Å². The van der Waals surface area contributed by atoms with E-state index in [9.17, 15) is 18.0 Å². The maximum absolute atomic E-state index is 12.8. The number of thiophene rings is 1. The SMILES string of the molecule is CC(C)C(NC(=O)c1cccs1)C(=O)N1CCC(NS(C)(=O)=O)CC1. The number of nitrogens with one attached hydrogen (secondary N) is 2. The number of carbonyl (C=O) groups excluding carboxylic acids is 2. The molecule has 1 aromatic heterocycles. The Morgan fingerprint density at radius 3 is 2.40 bits per heavy atom. The lowest BCUT2D eigenvalue weighted by atomic mass is 10.00. The number of sulfonamides is 1. The highest BCUT2D eigenvalue weighted by atomic mass is 32.2. The highest BCUT2D eigenvalue weighted by Crippen LogP contribution is 2.16. The first-order valence-electron chi connectivity index (χ1n) is 8.28. The summed E-state index contributed by atoms with van der Waals surface area (Å²) in [6.07, 6.45) is 2.28. The molecule has 1 aliphatic rings. The zero-order chi connectivity index (χ0) is 18.6. The maximum atomic E-state index is 12.8. The van der Waals surface area contributed by atoms with Gasteiger partial charge < -0.3 is 10.2 Å². The van der Waals surface area contributed by atoms with Crippen molar-refractivity contribution >= 4 is 33.2 Å². The third-order valence-electron chi connectivity index (χ3n) is 4.15. The molecule has 25 heavy (non-hydrogen) atoms. The second-order valence-corrected chi connectivity index (χ2v) is 9.39. The molecule has 1 fully saturated rings. The Morgan fingerprint density at radius 1 is 1.28 bits per heavy atom. The van der Waals surface area contributed by atoms with E-state index in [1.807, 2.05) is 19.2 Å². The van der Waals surface area contributed by atoms with Gasteiger partial charge in [-0.05, 0) is 30.2 Å². The number of carbonyl (C=O) groups is 2. The largest absolute Gasteiger partial charge is 0.341 e. The summed E-state index contributed by atoms with van der Waals surface area (Å²) < 4.78 is 25.2. The van der Waals surface area contributed by atoms with E-state index in [1.54, 1.807) is 17.0 Å². The molecule has 1 aromatic rings. The maximum Gasteiger partial charge on any atom is 0.262 e. The standard InChI is InChI=1S/C16H25N3O4S2/c1-11(2)14(17-15(20)13-5-4-10-24-13)16(21)19-8-6-12(7-9-19)18-25(3,22)23/h4-5,10-12,14,18H,6-9H2,1-3H3,(H,17,20). The lowest BCUT2D eigenvalue weighted by Crippen LogP contribution is -2.54. The van der Waals surface area contributed by atoms with Crippen molar-refractivity contribution in [2.75, 3.05) is 19.3 Å². The summed E-state index contributed by atoms with van der Waals surface area (Å²) in [5.74, 6) is -0.392. The quantitative estimate of drug-likeness (QED) is 0.762. The van der Waals surface area contributed by atoms with Crippen molar-refractivity contribution < 1.29 is 18.0 Å². The van der Waals surface area contributed by atoms with Gasteiger partial charge in [-0.15, -0.1) is 11.3 Å². The Balaban J connectivity index is 1.96. The zero-order valence-electron chi connectivity index (χ0n) is 14.7. The summed E-state index contributed by atoms with van der Waals surface area (Å²) in [6.45, 7) is 4.75. The van der Waals surface area contributed by atoms with E-state index >= 15 is 0 Å². The molecule has 2 rings (SSSR count). The molecule has 140 valence electrons. The number of hydrogen-bond acceptors (Lipinski definition) is 5. The van der Waals surface area contributed by atoms with E-state index in [-0.39, 0.29) is 23.8 Å². The van der Waals surface area contributed by atoms with Crippen molar-refractivity contribution in [1.29, 1.82) is 0 Å². The minimum atomic E-state index is -3.24. The first-order valence-corrected chi connectivity index (χ1v) is 11.0. The highest BCUT2D eigenvalue weighted by molar-refractivity contribution is 7.88. The molecular formula is C16H25N3O4S2. The van der Waals surface area contributed by atoms with Gasteiger partial charge in [-0.2, -0.15) is 0 Å². The third-order valence-corrected chi connectivity index (χ3v) is 5.78. The molecule has 2 N–H and O–H groups in total. The van der Waals surface area contributed by atoms with Crippen molar-refractivity contribution in [2.45, 2.75) is 38.8 Å². The second-order valence-electron chi connectivity index (χ2n) is 6.66. The van der Waals surface area contributed by atoms with Crippen LogP contribution in [0.1, 0.15) is 36.4 Å². The number of rotatable bonds is 6. The van der Waals surface area contributed by atoms with E-state index in [0.717, 1.165) is 6.26 Å². The molecule has 7 nitrogen and oxygen atoms in total. The minimum Gasteiger partial charge on any atom is -0.341 e. The van der Waals surface area contributed by atoms with Crippen LogP contribution >= 0.6 is 11.3 Å². The van der Waals surface area contributed by atoms with Crippen LogP contribution in [0.3, 0.4) is 0 Å². The Bertz CT molecular complexity index is 693. The fourth-order valence-electron chi connectivity index (χ4n) is 2.85. The number of hydrogen-bond donors (Lipinski definition) is 2. The number of piperidine rings is 1. The molecule has 1 aliphatic heterocycles.